The molecule has 0 aromatic rings. The van der Waals surface area contributed by atoms with Crippen molar-refractivity contribution in [1.29, 1.82) is 0 Å². The van der Waals surface area contributed by atoms with Gasteiger partial charge < -0.3 is 24.7 Å². The van der Waals surface area contributed by atoms with E-state index in [9.17, 15) is 14.4 Å². The number of carbonyl (C=O) groups excluding carboxylic acids is 3. The van der Waals surface area contributed by atoms with E-state index in [1.165, 1.54) is 20.8 Å². The molecule has 5 unspecified atom stereocenters. The highest BCUT2D eigenvalue weighted by atomic mass is 32.2. The molecule has 9 heteroatoms. The molecule has 0 bridgehead atoms. The second-order valence-electron chi connectivity index (χ2n) is 5.44. The Morgan fingerprint density at radius 2 is 1.62 bits per heavy atom. The van der Waals surface area contributed by atoms with Crippen molar-refractivity contribution in [3.63, 3.8) is 0 Å². The summed E-state index contributed by atoms with van der Waals surface area (Å²) in [7, 11) is 0. The Morgan fingerprint density at radius 3 is 2.08 bits per heavy atom. The minimum Gasteiger partial charge on any atom is -0.463 e. The number of thioether (sulfide) groups is 1. The molecule has 24 heavy (non-hydrogen) atoms. The largest absolute Gasteiger partial charge is 0.463 e. The van der Waals surface area contributed by atoms with E-state index in [-0.39, 0.29) is 11.6 Å². The quantitative estimate of drug-likeness (QED) is 0.545. The predicted octanol–water partition coefficient (Wildman–Crippen LogP) is 0.937. The fourth-order valence-corrected chi connectivity index (χ4v) is 3.34. The van der Waals surface area contributed by atoms with Crippen LogP contribution in [0.15, 0.2) is 11.6 Å². The van der Waals surface area contributed by atoms with Crippen molar-refractivity contribution in [2.24, 2.45) is 11.7 Å². The van der Waals surface area contributed by atoms with E-state index in [1.807, 2.05) is 0 Å². The fourth-order valence-electron chi connectivity index (χ4n) is 2.41. The van der Waals surface area contributed by atoms with Crippen molar-refractivity contribution < 1.29 is 33.3 Å². The molecular formula is C15H23NO7S. The van der Waals surface area contributed by atoms with Crippen molar-refractivity contribution in [2.75, 3.05) is 6.61 Å². The number of carbonyl (C=O) groups is 3. The van der Waals surface area contributed by atoms with Crippen LogP contribution in [0.2, 0.25) is 0 Å². The second kappa shape index (κ2) is 8.93. The summed E-state index contributed by atoms with van der Waals surface area (Å²) in [4.78, 5) is 33.9. The summed E-state index contributed by atoms with van der Waals surface area (Å²) in [5.74, 6) is -1.89. The third kappa shape index (κ3) is 6.04. The second-order valence-corrected chi connectivity index (χ2v) is 6.66. The molecule has 5 atom stereocenters. The van der Waals surface area contributed by atoms with Gasteiger partial charge in [0.2, 0.25) is 0 Å². The van der Waals surface area contributed by atoms with Gasteiger partial charge in [-0.2, -0.15) is 0 Å². The fraction of sp³-hybridized carbons (Fsp3) is 0.667. The first kappa shape index (κ1) is 20.3. The topological polar surface area (TPSA) is 114 Å². The SMILES string of the molecule is C=C(N)SC1OC(COC(C)=O)C(OC(C)=O)C(C)C1OC(C)=O. The van der Waals surface area contributed by atoms with Gasteiger partial charge in [-0.1, -0.05) is 25.3 Å². The minimum atomic E-state index is -0.742. The standard InChI is InChI=1S/C15H23NO7S/c1-7-13(21-10(4)18)12(6-20-9(3)17)23-15(24-8(2)16)14(7)22-11(5)19/h7,12-15H,2,6,16H2,1,3-5H3. The van der Waals surface area contributed by atoms with Crippen LogP contribution in [0, 0.1) is 5.92 Å². The Balaban J connectivity index is 3.04. The lowest BCUT2D eigenvalue weighted by Crippen LogP contribution is -2.56. The van der Waals surface area contributed by atoms with Gasteiger partial charge >= 0.3 is 17.9 Å². The molecule has 1 aliphatic heterocycles. The zero-order valence-electron chi connectivity index (χ0n) is 14.1. The van der Waals surface area contributed by atoms with E-state index in [4.69, 9.17) is 24.7 Å². The number of ether oxygens (including phenoxy) is 4. The molecule has 0 aromatic heterocycles. The average Bonchev–Trinajstić information content (AvgIpc) is 2.42. The van der Waals surface area contributed by atoms with Gasteiger partial charge in [0.15, 0.2) is 0 Å². The Labute approximate surface area is 145 Å². The van der Waals surface area contributed by atoms with Crippen LogP contribution in [0.5, 0.6) is 0 Å². The molecule has 1 fully saturated rings. The van der Waals surface area contributed by atoms with Crippen LogP contribution in [-0.2, 0) is 33.3 Å². The summed E-state index contributed by atoms with van der Waals surface area (Å²) in [6.07, 6.45) is -2.16. The van der Waals surface area contributed by atoms with Gasteiger partial charge in [-0.25, -0.2) is 0 Å². The monoisotopic (exact) mass is 361 g/mol. The average molecular weight is 361 g/mol. The molecule has 0 aliphatic carbocycles. The van der Waals surface area contributed by atoms with Crippen molar-refractivity contribution in [3.8, 4) is 0 Å². The molecule has 8 nitrogen and oxygen atoms in total. The summed E-state index contributed by atoms with van der Waals surface area (Å²) in [5.41, 5.74) is 4.96. The maximum Gasteiger partial charge on any atom is 0.303 e. The van der Waals surface area contributed by atoms with Crippen molar-refractivity contribution in [1.82, 2.24) is 0 Å². The maximum absolute atomic E-state index is 11.4. The van der Waals surface area contributed by atoms with Crippen LogP contribution >= 0.6 is 11.8 Å². The van der Waals surface area contributed by atoms with Gasteiger partial charge in [0.25, 0.3) is 0 Å². The van der Waals surface area contributed by atoms with Crippen LogP contribution in [0.1, 0.15) is 27.7 Å². The normalized spacial score (nSPS) is 29.4. The lowest BCUT2D eigenvalue weighted by molar-refractivity contribution is -0.211. The van der Waals surface area contributed by atoms with Gasteiger partial charge in [0.05, 0.1) is 5.03 Å². The Kier molecular flexibility index (Phi) is 7.56. The molecule has 0 saturated carbocycles. The smallest absolute Gasteiger partial charge is 0.303 e. The zero-order valence-corrected chi connectivity index (χ0v) is 15.0. The molecule has 1 rings (SSSR count). The Hall–Kier alpha value is -1.74. The van der Waals surface area contributed by atoms with Crippen LogP contribution in [0.4, 0.5) is 0 Å². The van der Waals surface area contributed by atoms with Crippen LogP contribution in [-0.4, -0.2) is 48.3 Å². The third-order valence-corrected chi connectivity index (χ3v) is 4.22. The molecule has 2 N–H and O–H groups in total. The lowest BCUT2D eigenvalue weighted by atomic mass is 9.91. The van der Waals surface area contributed by atoms with Crippen molar-refractivity contribution >= 4 is 29.7 Å². The first-order valence-electron chi connectivity index (χ1n) is 7.36. The first-order valence-corrected chi connectivity index (χ1v) is 8.24. The van der Waals surface area contributed by atoms with Gasteiger partial charge in [0.1, 0.15) is 30.4 Å². The van der Waals surface area contributed by atoms with E-state index in [2.05, 4.69) is 6.58 Å². The lowest BCUT2D eigenvalue weighted by Gasteiger charge is -2.43. The van der Waals surface area contributed by atoms with Crippen LogP contribution in [0.3, 0.4) is 0 Å². The summed E-state index contributed by atoms with van der Waals surface area (Å²) in [6, 6.07) is 0. The number of nitrogens with two attached hydrogens (primary N) is 1. The molecule has 1 heterocycles. The van der Waals surface area contributed by atoms with E-state index in [0.29, 0.717) is 0 Å². The molecular weight excluding hydrogens is 338 g/mol. The molecule has 0 amide bonds. The highest BCUT2D eigenvalue weighted by Crippen LogP contribution is 2.37. The van der Waals surface area contributed by atoms with E-state index in [1.54, 1.807) is 6.92 Å². The van der Waals surface area contributed by atoms with Gasteiger partial charge in [0, 0.05) is 26.7 Å². The highest BCUT2D eigenvalue weighted by Gasteiger charge is 2.48. The minimum absolute atomic E-state index is 0.0987. The first-order chi connectivity index (χ1) is 11.1. The molecule has 0 radical (unpaired) electrons. The molecule has 0 aromatic carbocycles. The Bertz CT molecular complexity index is 508. The number of hydrogen-bond donors (Lipinski definition) is 1. The summed E-state index contributed by atoms with van der Waals surface area (Å²) in [6.45, 7) is 9.07. The van der Waals surface area contributed by atoms with E-state index in [0.717, 1.165) is 11.8 Å². The molecule has 1 saturated heterocycles. The molecule has 136 valence electrons. The van der Waals surface area contributed by atoms with E-state index < -0.39 is 47.6 Å². The predicted molar refractivity (Wildman–Crippen MR) is 86.5 cm³/mol. The van der Waals surface area contributed by atoms with Crippen LogP contribution in [0.25, 0.3) is 0 Å². The maximum atomic E-state index is 11.4. The number of hydrogen-bond acceptors (Lipinski definition) is 9. The van der Waals surface area contributed by atoms with Gasteiger partial charge in [-0.05, 0) is 0 Å². The van der Waals surface area contributed by atoms with Crippen molar-refractivity contribution in [2.45, 2.75) is 51.4 Å². The van der Waals surface area contributed by atoms with Crippen LogP contribution < -0.4 is 5.73 Å². The Morgan fingerprint density at radius 1 is 1.08 bits per heavy atom. The zero-order chi connectivity index (χ0) is 18.4. The highest BCUT2D eigenvalue weighted by molar-refractivity contribution is 8.03. The van der Waals surface area contributed by atoms with Gasteiger partial charge in [-0.3, -0.25) is 14.4 Å². The summed E-state index contributed by atoms with van der Waals surface area (Å²) in [5, 5.41) is 0.279. The molecule has 0 spiro atoms. The molecule has 1 aliphatic rings. The third-order valence-electron chi connectivity index (χ3n) is 3.30. The summed E-state index contributed by atoms with van der Waals surface area (Å²) >= 11 is 1.09. The number of esters is 3. The number of rotatable bonds is 6. The summed E-state index contributed by atoms with van der Waals surface area (Å²) < 4.78 is 21.4. The van der Waals surface area contributed by atoms with Crippen molar-refractivity contribution in [3.05, 3.63) is 11.6 Å². The van der Waals surface area contributed by atoms with Gasteiger partial charge in [-0.15, -0.1) is 0 Å². The van der Waals surface area contributed by atoms with E-state index >= 15 is 0 Å².